The number of carboxylic acid groups (broad SMARTS) is 1. The first-order chi connectivity index (χ1) is 17.6. The Bertz CT molecular complexity index is 1440. The second kappa shape index (κ2) is 10.5. The Morgan fingerprint density at radius 2 is 1.76 bits per heavy atom. The van der Waals surface area contributed by atoms with E-state index in [1.807, 2.05) is 50.4 Å². The highest BCUT2D eigenvalue weighted by atomic mass is 19.4. The van der Waals surface area contributed by atoms with Gasteiger partial charge in [-0.1, -0.05) is 49.4 Å². The summed E-state index contributed by atoms with van der Waals surface area (Å²) in [6, 6.07) is 20.1. The summed E-state index contributed by atoms with van der Waals surface area (Å²) in [6.07, 6.45) is -3.66. The standard InChI is InChI=1S/C29H27F3N2O3/c1-4-25(21-12-13-24(33-18(21)2)19-8-7-9-20(16-19)29(30,31)32)34(3)26-14-15-27(37-17-28(35)36)23-11-6-5-10-22(23)26/h5-16,25H,4,17H2,1-3H3,(H,35,36). The number of pyridine rings is 1. The summed E-state index contributed by atoms with van der Waals surface area (Å²) in [5, 5.41) is 10.7. The summed E-state index contributed by atoms with van der Waals surface area (Å²) in [6.45, 7) is 3.50. The number of carboxylic acids is 1. The molecule has 0 aliphatic heterocycles. The number of carbonyl (C=O) groups is 1. The highest BCUT2D eigenvalue weighted by Crippen LogP contribution is 2.38. The van der Waals surface area contributed by atoms with Gasteiger partial charge in [-0.3, -0.25) is 4.98 Å². The van der Waals surface area contributed by atoms with E-state index in [1.165, 1.54) is 6.07 Å². The van der Waals surface area contributed by atoms with Crippen molar-refractivity contribution in [3.8, 4) is 17.0 Å². The van der Waals surface area contributed by atoms with Gasteiger partial charge in [-0.25, -0.2) is 4.79 Å². The first-order valence-electron chi connectivity index (χ1n) is 11.8. The number of benzene rings is 3. The van der Waals surface area contributed by atoms with Gasteiger partial charge in [0.1, 0.15) is 5.75 Å². The van der Waals surface area contributed by atoms with Crippen LogP contribution < -0.4 is 9.64 Å². The van der Waals surface area contributed by atoms with Crippen molar-refractivity contribution < 1.29 is 27.8 Å². The molecule has 8 heteroatoms. The summed E-state index contributed by atoms with van der Waals surface area (Å²) in [4.78, 5) is 17.8. The third kappa shape index (κ3) is 5.53. The molecule has 5 nitrogen and oxygen atoms in total. The van der Waals surface area contributed by atoms with Crippen LogP contribution in [0.25, 0.3) is 22.0 Å². The number of aryl methyl sites for hydroxylation is 1. The van der Waals surface area contributed by atoms with Crippen molar-refractivity contribution in [3.63, 3.8) is 0 Å². The third-order valence-electron chi connectivity index (χ3n) is 6.42. The van der Waals surface area contributed by atoms with Gasteiger partial charge in [0.25, 0.3) is 0 Å². The molecule has 0 spiro atoms. The molecule has 0 aliphatic rings. The van der Waals surface area contributed by atoms with Gasteiger partial charge in [-0.2, -0.15) is 13.2 Å². The molecular formula is C29H27F3N2O3. The second-order valence-electron chi connectivity index (χ2n) is 8.80. The van der Waals surface area contributed by atoms with Crippen molar-refractivity contribution in [3.05, 3.63) is 89.6 Å². The summed E-state index contributed by atoms with van der Waals surface area (Å²) >= 11 is 0. The lowest BCUT2D eigenvalue weighted by atomic mass is 9.98. The highest BCUT2D eigenvalue weighted by molar-refractivity contribution is 5.98. The van der Waals surface area contributed by atoms with Crippen molar-refractivity contribution >= 4 is 22.4 Å². The first kappa shape index (κ1) is 26.0. The molecule has 1 atom stereocenters. The van der Waals surface area contributed by atoms with E-state index in [4.69, 9.17) is 9.84 Å². The lowest BCUT2D eigenvalue weighted by Gasteiger charge is -2.32. The number of alkyl halides is 3. The zero-order chi connectivity index (χ0) is 26.7. The van der Waals surface area contributed by atoms with Crippen LogP contribution in [0.15, 0.2) is 72.8 Å². The molecule has 1 unspecified atom stereocenters. The average molecular weight is 509 g/mol. The zero-order valence-corrected chi connectivity index (χ0v) is 20.7. The number of nitrogens with zero attached hydrogens (tertiary/aromatic N) is 2. The van der Waals surface area contributed by atoms with E-state index in [9.17, 15) is 18.0 Å². The van der Waals surface area contributed by atoms with E-state index in [-0.39, 0.29) is 6.04 Å². The van der Waals surface area contributed by atoms with Gasteiger partial charge in [0.2, 0.25) is 0 Å². The molecule has 0 saturated carbocycles. The second-order valence-corrected chi connectivity index (χ2v) is 8.80. The summed E-state index contributed by atoms with van der Waals surface area (Å²) < 4.78 is 45.0. The molecule has 0 saturated heterocycles. The maximum atomic E-state index is 13.2. The number of halogens is 3. The van der Waals surface area contributed by atoms with Crippen molar-refractivity contribution in [1.82, 2.24) is 4.98 Å². The van der Waals surface area contributed by atoms with Crippen LogP contribution in [-0.4, -0.2) is 29.7 Å². The number of ether oxygens (including phenoxy) is 1. The van der Waals surface area contributed by atoms with Crippen molar-refractivity contribution in [2.45, 2.75) is 32.5 Å². The van der Waals surface area contributed by atoms with E-state index in [1.54, 1.807) is 18.2 Å². The van der Waals surface area contributed by atoms with E-state index in [0.29, 0.717) is 17.0 Å². The summed E-state index contributed by atoms with van der Waals surface area (Å²) in [5.41, 5.74) is 2.83. The summed E-state index contributed by atoms with van der Waals surface area (Å²) in [7, 11) is 1.98. The zero-order valence-electron chi connectivity index (χ0n) is 20.7. The SMILES string of the molecule is CCC(c1ccc(-c2cccc(C(F)(F)F)c2)nc1C)N(C)c1ccc(OCC(=O)O)c2ccccc12. The molecule has 0 aliphatic carbocycles. The molecule has 1 aromatic heterocycles. The van der Waals surface area contributed by atoms with Gasteiger partial charge in [0, 0.05) is 34.8 Å². The Kier molecular flexibility index (Phi) is 7.38. The van der Waals surface area contributed by atoms with Gasteiger partial charge < -0.3 is 14.7 Å². The van der Waals surface area contributed by atoms with Crippen molar-refractivity contribution in [1.29, 1.82) is 0 Å². The number of anilines is 1. The van der Waals surface area contributed by atoms with E-state index < -0.39 is 24.3 Å². The maximum Gasteiger partial charge on any atom is 0.416 e. The number of hydrogen-bond donors (Lipinski definition) is 1. The molecule has 3 aromatic carbocycles. The van der Waals surface area contributed by atoms with Crippen molar-refractivity contribution in [2.24, 2.45) is 0 Å². The highest BCUT2D eigenvalue weighted by Gasteiger charge is 2.30. The fraction of sp³-hybridized carbons (Fsp3) is 0.241. The molecule has 192 valence electrons. The Hall–Kier alpha value is -4.07. The average Bonchev–Trinajstić information content (AvgIpc) is 2.88. The molecule has 0 fully saturated rings. The van der Waals surface area contributed by atoms with Crippen LogP contribution in [0.4, 0.5) is 18.9 Å². The van der Waals surface area contributed by atoms with E-state index >= 15 is 0 Å². The predicted octanol–water partition coefficient (Wildman–Crippen LogP) is 7.28. The minimum absolute atomic E-state index is 0.0581. The van der Waals surface area contributed by atoms with Crippen LogP contribution in [-0.2, 0) is 11.0 Å². The van der Waals surface area contributed by atoms with Crippen LogP contribution in [0, 0.1) is 6.92 Å². The van der Waals surface area contributed by atoms with Crippen LogP contribution in [0.1, 0.15) is 36.2 Å². The molecule has 1 heterocycles. The van der Waals surface area contributed by atoms with E-state index in [2.05, 4.69) is 16.8 Å². The first-order valence-corrected chi connectivity index (χ1v) is 11.8. The number of rotatable bonds is 8. The van der Waals surface area contributed by atoms with Gasteiger partial charge in [0.15, 0.2) is 6.61 Å². The lowest BCUT2D eigenvalue weighted by molar-refractivity contribution is -0.139. The molecule has 0 bridgehead atoms. The molecular weight excluding hydrogens is 481 g/mol. The van der Waals surface area contributed by atoms with Crippen LogP contribution in [0.5, 0.6) is 5.75 Å². The quantitative estimate of drug-likeness (QED) is 0.271. The number of fused-ring (bicyclic) bond motifs is 1. The monoisotopic (exact) mass is 508 g/mol. The minimum Gasteiger partial charge on any atom is -0.481 e. The lowest BCUT2D eigenvalue weighted by Crippen LogP contribution is -2.25. The topological polar surface area (TPSA) is 62.7 Å². The van der Waals surface area contributed by atoms with Gasteiger partial charge >= 0.3 is 12.1 Å². The largest absolute Gasteiger partial charge is 0.481 e. The minimum atomic E-state index is -4.42. The molecule has 0 radical (unpaired) electrons. The predicted molar refractivity (Wildman–Crippen MR) is 138 cm³/mol. The number of hydrogen-bond acceptors (Lipinski definition) is 4. The fourth-order valence-electron chi connectivity index (χ4n) is 4.64. The Morgan fingerprint density at radius 1 is 1.03 bits per heavy atom. The third-order valence-corrected chi connectivity index (χ3v) is 6.42. The van der Waals surface area contributed by atoms with Crippen molar-refractivity contribution in [2.75, 3.05) is 18.6 Å². The fourth-order valence-corrected chi connectivity index (χ4v) is 4.64. The molecule has 4 rings (SSSR count). The normalized spacial score (nSPS) is 12.4. The van der Waals surface area contributed by atoms with Gasteiger partial charge in [-0.15, -0.1) is 0 Å². The summed E-state index contributed by atoms with van der Waals surface area (Å²) in [5.74, 6) is -0.556. The molecule has 4 aromatic rings. The van der Waals surface area contributed by atoms with Crippen LogP contribution >= 0.6 is 0 Å². The number of aromatic nitrogens is 1. The molecule has 0 amide bonds. The van der Waals surface area contributed by atoms with Gasteiger partial charge in [0.05, 0.1) is 17.3 Å². The Labute approximate surface area is 213 Å². The Morgan fingerprint density at radius 3 is 2.41 bits per heavy atom. The maximum absolute atomic E-state index is 13.2. The van der Waals surface area contributed by atoms with E-state index in [0.717, 1.165) is 46.3 Å². The molecule has 1 N–H and O–H groups in total. The smallest absolute Gasteiger partial charge is 0.416 e. The van der Waals surface area contributed by atoms with Gasteiger partial charge in [-0.05, 0) is 49.2 Å². The molecule has 37 heavy (non-hydrogen) atoms. The van der Waals surface area contributed by atoms with Crippen LogP contribution in [0.2, 0.25) is 0 Å². The Balaban J connectivity index is 1.69. The van der Waals surface area contributed by atoms with Crippen LogP contribution in [0.3, 0.4) is 0 Å². The number of aliphatic carboxylic acids is 1.